The van der Waals surface area contributed by atoms with Crippen molar-refractivity contribution in [3.8, 4) is 0 Å². The van der Waals surface area contributed by atoms with Crippen molar-refractivity contribution in [3.63, 3.8) is 0 Å². The van der Waals surface area contributed by atoms with E-state index in [4.69, 9.17) is 17.3 Å². The van der Waals surface area contributed by atoms with Crippen LogP contribution in [0.3, 0.4) is 0 Å². The Morgan fingerprint density at radius 2 is 1.85 bits per heavy atom. The van der Waals surface area contributed by atoms with Gasteiger partial charge in [0.2, 0.25) is 0 Å². The molecule has 0 saturated carbocycles. The second kappa shape index (κ2) is 6.15. The smallest absolute Gasteiger partial charge is 0.182 e. The summed E-state index contributed by atoms with van der Waals surface area (Å²) in [6.07, 6.45) is 0. The van der Waals surface area contributed by atoms with Gasteiger partial charge in [0, 0.05) is 17.1 Å². The van der Waals surface area contributed by atoms with Crippen molar-refractivity contribution >= 4 is 34.5 Å². The molecule has 0 aliphatic rings. The molecule has 0 heterocycles. The molecule has 0 atom stereocenters. The highest BCUT2D eigenvalue weighted by molar-refractivity contribution is 7.80. The number of halogens is 3. The molecule has 3 N–H and O–H groups in total. The van der Waals surface area contributed by atoms with Gasteiger partial charge in [-0.15, -0.1) is 0 Å². The van der Waals surface area contributed by atoms with E-state index in [9.17, 15) is 8.78 Å². The number of hydrogen-bond donors (Lipinski definition) is 2. The molecule has 0 radical (unpaired) electrons. The van der Waals surface area contributed by atoms with Crippen LogP contribution in [0.15, 0.2) is 36.4 Å². The molecule has 2 rings (SSSR count). The van der Waals surface area contributed by atoms with Crippen LogP contribution in [-0.4, -0.2) is 4.99 Å². The fourth-order valence-corrected chi connectivity index (χ4v) is 2.07. The van der Waals surface area contributed by atoms with Crippen molar-refractivity contribution in [2.24, 2.45) is 5.73 Å². The topological polar surface area (TPSA) is 38.0 Å². The van der Waals surface area contributed by atoms with Crippen molar-refractivity contribution in [3.05, 3.63) is 64.2 Å². The molecule has 0 unspecified atom stereocenters. The molecule has 6 heteroatoms. The maximum absolute atomic E-state index is 13.8. The van der Waals surface area contributed by atoms with Gasteiger partial charge < -0.3 is 11.1 Å². The van der Waals surface area contributed by atoms with E-state index in [0.717, 1.165) is 5.56 Å². The second-order valence-electron chi connectivity index (χ2n) is 4.10. The molecule has 2 aromatic carbocycles. The maximum Gasteiger partial charge on any atom is 0.182 e. The zero-order valence-corrected chi connectivity index (χ0v) is 11.9. The van der Waals surface area contributed by atoms with Crippen molar-refractivity contribution in [1.82, 2.24) is 0 Å². The van der Waals surface area contributed by atoms with Crippen LogP contribution in [0.4, 0.5) is 14.5 Å². The molecule has 2 aromatic rings. The highest BCUT2D eigenvalue weighted by atomic mass is 35.5. The van der Waals surface area contributed by atoms with Crippen LogP contribution in [0.5, 0.6) is 0 Å². The van der Waals surface area contributed by atoms with Crippen LogP contribution in [0.1, 0.15) is 11.1 Å². The molecule has 0 bridgehead atoms. The normalized spacial score (nSPS) is 10.3. The number of thiocarbonyl (C=S) groups is 1. The van der Waals surface area contributed by atoms with Crippen LogP contribution >= 0.6 is 23.8 Å². The SMILES string of the molecule is NC(=S)c1ccc(NCc2ccccc2Cl)c(F)c1F. The van der Waals surface area contributed by atoms with Gasteiger partial charge in [-0.25, -0.2) is 8.78 Å². The van der Waals surface area contributed by atoms with Gasteiger partial charge in [-0.3, -0.25) is 0 Å². The van der Waals surface area contributed by atoms with Crippen molar-refractivity contribution < 1.29 is 8.78 Å². The van der Waals surface area contributed by atoms with Gasteiger partial charge in [-0.05, 0) is 23.8 Å². The Hall–Kier alpha value is -1.72. The maximum atomic E-state index is 13.8. The first-order valence-corrected chi connectivity index (χ1v) is 6.54. The lowest BCUT2D eigenvalue weighted by Crippen LogP contribution is -2.14. The minimum absolute atomic E-state index is 0.0300. The molecule has 104 valence electrons. The molecule has 20 heavy (non-hydrogen) atoms. The van der Waals surface area contributed by atoms with Gasteiger partial charge >= 0.3 is 0 Å². The van der Waals surface area contributed by atoms with E-state index >= 15 is 0 Å². The molecule has 0 saturated heterocycles. The monoisotopic (exact) mass is 312 g/mol. The molecule has 0 aliphatic heterocycles. The Kier molecular flexibility index (Phi) is 4.52. The Bertz CT molecular complexity index is 662. The third-order valence-corrected chi connectivity index (χ3v) is 3.36. The summed E-state index contributed by atoms with van der Waals surface area (Å²) in [4.78, 5) is -0.181. The Morgan fingerprint density at radius 1 is 1.15 bits per heavy atom. The van der Waals surface area contributed by atoms with Crippen LogP contribution in [0, 0.1) is 11.6 Å². The summed E-state index contributed by atoms with van der Waals surface area (Å²) >= 11 is 10.6. The molecule has 2 nitrogen and oxygen atoms in total. The molecule has 0 spiro atoms. The summed E-state index contributed by atoms with van der Waals surface area (Å²) in [7, 11) is 0. The summed E-state index contributed by atoms with van der Waals surface area (Å²) in [5.74, 6) is -2.07. The molecular weight excluding hydrogens is 302 g/mol. The lowest BCUT2D eigenvalue weighted by Gasteiger charge is -2.11. The highest BCUT2D eigenvalue weighted by Crippen LogP contribution is 2.22. The summed E-state index contributed by atoms with van der Waals surface area (Å²) in [5, 5.41) is 3.35. The van der Waals surface area contributed by atoms with Crippen LogP contribution in [0.2, 0.25) is 5.02 Å². The Morgan fingerprint density at radius 3 is 2.50 bits per heavy atom. The lowest BCUT2D eigenvalue weighted by atomic mass is 10.1. The second-order valence-corrected chi connectivity index (χ2v) is 4.94. The van der Waals surface area contributed by atoms with E-state index in [1.54, 1.807) is 18.2 Å². The van der Waals surface area contributed by atoms with E-state index in [0.29, 0.717) is 5.02 Å². The summed E-state index contributed by atoms with van der Waals surface area (Å²) in [6, 6.07) is 9.87. The predicted octanol–water partition coefficient (Wildman–Crippen LogP) is 3.86. The highest BCUT2D eigenvalue weighted by Gasteiger charge is 2.14. The molecular formula is C14H11ClF2N2S. The van der Waals surface area contributed by atoms with Crippen LogP contribution in [0.25, 0.3) is 0 Å². The first kappa shape index (κ1) is 14.7. The largest absolute Gasteiger partial charge is 0.389 e. The van der Waals surface area contributed by atoms with Crippen LogP contribution in [-0.2, 0) is 6.54 Å². The molecule has 0 amide bonds. The van der Waals surface area contributed by atoms with Crippen molar-refractivity contribution in [1.29, 1.82) is 0 Å². The summed E-state index contributed by atoms with van der Waals surface area (Å²) < 4.78 is 27.5. The van der Waals surface area contributed by atoms with E-state index in [1.165, 1.54) is 12.1 Å². The fourth-order valence-electron chi connectivity index (χ4n) is 1.71. The van der Waals surface area contributed by atoms with Gasteiger partial charge in [0.25, 0.3) is 0 Å². The average Bonchev–Trinajstić information content (AvgIpc) is 2.41. The number of benzene rings is 2. The number of nitrogens with one attached hydrogen (secondary N) is 1. The Balaban J connectivity index is 2.21. The van der Waals surface area contributed by atoms with Crippen LogP contribution < -0.4 is 11.1 Å². The predicted molar refractivity (Wildman–Crippen MR) is 81.0 cm³/mol. The number of nitrogens with two attached hydrogens (primary N) is 1. The van der Waals surface area contributed by atoms with Gasteiger partial charge in [0.05, 0.1) is 5.69 Å². The average molecular weight is 313 g/mol. The minimum atomic E-state index is -1.05. The molecule has 0 aromatic heterocycles. The zero-order chi connectivity index (χ0) is 14.7. The minimum Gasteiger partial charge on any atom is -0.389 e. The third kappa shape index (κ3) is 3.05. The summed E-state index contributed by atoms with van der Waals surface area (Å²) in [6.45, 7) is 0.280. The standard InChI is InChI=1S/C14H11ClF2N2S/c15-10-4-2-1-3-8(10)7-19-11-6-5-9(14(18)20)12(16)13(11)17/h1-6,19H,7H2,(H2,18,20). The first-order chi connectivity index (χ1) is 9.50. The first-order valence-electron chi connectivity index (χ1n) is 5.75. The number of anilines is 1. The molecule has 0 fully saturated rings. The van der Waals surface area contributed by atoms with Crippen molar-refractivity contribution in [2.45, 2.75) is 6.54 Å². The van der Waals surface area contributed by atoms with Gasteiger partial charge in [-0.2, -0.15) is 0 Å². The van der Waals surface area contributed by atoms with Gasteiger partial charge in [-0.1, -0.05) is 42.0 Å². The van der Waals surface area contributed by atoms with E-state index in [1.807, 2.05) is 6.07 Å². The van der Waals surface area contributed by atoms with Gasteiger partial charge in [0.1, 0.15) is 4.99 Å². The lowest BCUT2D eigenvalue weighted by molar-refractivity contribution is 0.509. The Labute approximate surface area is 125 Å². The van der Waals surface area contributed by atoms with Gasteiger partial charge in [0.15, 0.2) is 11.6 Å². The van der Waals surface area contributed by atoms with Crippen molar-refractivity contribution in [2.75, 3.05) is 5.32 Å². The number of hydrogen-bond acceptors (Lipinski definition) is 2. The van der Waals surface area contributed by atoms with E-state index in [-0.39, 0.29) is 22.8 Å². The quantitative estimate of drug-likeness (QED) is 0.842. The van der Waals surface area contributed by atoms with E-state index < -0.39 is 11.6 Å². The zero-order valence-electron chi connectivity index (χ0n) is 10.3. The molecule has 0 aliphatic carbocycles. The van der Waals surface area contributed by atoms with E-state index in [2.05, 4.69) is 17.5 Å². The third-order valence-electron chi connectivity index (χ3n) is 2.77. The number of rotatable bonds is 4. The fraction of sp³-hybridized carbons (Fsp3) is 0.0714. The summed E-state index contributed by atoms with van der Waals surface area (Å²) in [5.41, 5.74) is 6.01.